The lowest BCUT2D eigenvalue weighted by Crippen LogP contribution is -2.27. The summed E-state index contributed by atoms with van der Waals surface area (Å²) in [5.41, 5.74) is 1.01. The first-order valence-corrected chi connectivity index (χ1v) is 5.65. The van der Waals surface area contributed by atoms with E-state index in [9.17, 15) is 4.79 Å². The van der Waals surface area contributed by atoms with E-state index in [0.29, 0.717) is 13.0 Å². The van der Waals surface area contributed by atoms with Crippen LogP contribution in [-0.2, 0) is 11.2 Å². The summed E-state index contributed by atoms with van der Waals surface area (Å²) >= 11 is 0. The van der Waals surface area contributed by atoms with E-state index in [1.165, 1.54) is 0 Å². The van der Waals surface area contributed by atoms with Gasteiger partial charge in [0.25, 0.3) is 0 Å². The minimum absolute atomic E-state index is 0.0265. The van der Waals surface area contributed by atoms with Crippen molar-refractivity contribution in [1.29, 1.82) is 0 Å². The molecular weight excluding hydrogens is 214 g/mol. The minimum atomic E-state index is -0.0598. The highest BCUT2D eigenvalue weighted by Crippen LogP contribution is 2.18. The predicted octanol–water partition coefficient (Wildman–Crippen LogP) is 1.49. The second kappa shape index (κ2) is 5.46. The number of hydrogen-bond donors (Lipinski definition) is 2. The molecule has 0 aliphatic carbocycles. The molecule has 88 valence electrons. The number of rotatable bonds is 4. The SMILES string of the molecule is O=C(Cc1cccc2ccccc12)NCCO. The Balaban J connectivity index is 2.21. The van der Waals surface area contributed by atoms with Crippen LogP contribution < -0.4 is 5.32 Å². The highest BCUT2D eigenvalue weighted by Gasteiger charge is 2.05. The molecule has 1 amide bonds. The number of nitrogens with one attached hydrogen (secondary N) is 1. The first-order chi connectivity index (χ1) is 8.31. The second-order valence-electron chi connectivity index (χ2n) is 3.89. The Bertz CT molecular complexity index is 517. The number of fused-ring (bicyclic) bond motifs is 1. The van der Waals surface area contributed by atoms with Crippen LogP contribution in [0.4, 0.5) is 0 Å². The van der Waals surface area contributed by atoms with Crippen molar-refractivity contribution >= 4 is 16.7 Å². The summed E-state index contributed by atoms with van der Waals surface area (Å²) in [7, 11) is 0. The van der Waals surface area contributed by atoms with E-state index < -0.39 is 0 Å². The monoisotopic (exact) mass is 229 g/mol. The van der Waals surface area contributed by atoms with Crippen LogP contribution in [0, 0.1) is 0 Å². The average Bonchev–Trinajstić information content (AvgIpc) is 2.37. The van der Waals surface area contributed by atoms with Gasteiger partial charge < -0.3 is 10.4 Å². The van der Waals surface area contributed by atoms with Gasteiger partial charge in [-0.3, -0.25) is 4.79 Å². The molecule has 0 aromatic heterocycles. The third-order valence-corrected chi connectivity index (χ3v) is 2.66. The van der Waals surface area contributed by atoms with E-state index in [1.807, 2.05) is 42.5 Å². The Morgan fingerprint density at radius 2 is 1.88 bits per heavy atom. The van der Waals surface area contributed by atoms with Gasteiger partial charge in [-0.1, -0.05) is 42.5 Å². The van der Waals surface area contributed by atoms with Gasteiger partial charge >= 0.3 is 0 Å². The number of benzene rings is 2. The van der Waals surface area contributed by atoms with Crippen LogP contribution in [0.2, 0.25) is 0 Å². The van der Waals surface area contributed by atoms with Crippen LogP contribution in [0.3, 0.4) is 0 Å². The molecule has 3 heteroatoms. The number of aliphatic hydroxyl groups excluding tert-OH is 1. The van der Waals surface area contributed by atoms with Crippen molar-refractivity contribution < 1.29 is 9.90 Å². The van der Waals surface area contributed by atoms with Gasteiger partial charge in [0.1, 0.15) is 0 Å². The molecule has 3 nitrogen and oxygen atoms in total. The normalized spacial score (nSPS) is 10.4. The first-order valence-electron chi connectivity index (χ1n) is 5.65. The third-order valence-electron chi connectivity index (χ3n) is 2.66. The molecule has 0 fully saturated rings. The van der Waals surface area contributed by atoms with Crippen LogP contribution in [0.25, 0.3) is 10.8 Å². The summed E-state index contributed by atoms with van der Waals surface area (Å²) < 4.78 is 0. The molecule has 0 bridgehead atoms. The Labute approximate surface area is 100 Å². The van der Waals surface area contributed by atoms with Gasteiger partial charge in [0.15, 0.2) is 0 Å². The van der Waals surface area contributed by atoms with Gasteiger partial charge in [0.2, 0.25) is 5.91 Å². The maximum Gasteiger partial charge on any atom is 0.224 e. The van der Waals surface area contributed by atoms with Crippen molar-refractivity contribution in [3.05, 3.63) is 48.0 Å². The Kier molecular flexibility index (Phi) is 3.73. The fraction of sp³-hybridized carbons (Fsp3) is 0.214. The molecule has 0 saturated carbocycles. The van der Waals surface area contributed by atoms with E-state index in [0.717, 1.165) is 16.3 Å². The zero-order valence-corrected chi connectivity index (χ0v) is 9.52. The predicted molar refractivity (Wildman–Crippen MR) is 67.7 cm³/mol. The molecule has 17 heavy (non-hydrogen) atoms. The summed E-state index contributed by atoms with van der Waals surface area (Å²) in [5, 5.41) is 13.5. The zero-order chi connectivity index (χ0) is 12.1. The molecule has 0 spiro atoms. The summed E-state index contributed by atoms with van der Waals surface area (Å²) in [5.74, 6) is -0.0598. The quantitative estimate of drug-likeness (QED) is 0.834. The van der Waals surface area contributed by atoms with E-state index in [1.54, 1.807) is 0 Å². The fourth-order valence-electron chi connectivity index (χ4n) is 1.88. The zero-order valence-electron chi connectivity index (χ0n) is 9.52. The molecule has 2 aromatic rings. The Hall–Kier alpha value is -1.87. The van der Waals surface area contributed by atoms with Gasteiger partial charge in [0.05, 0.1) is 13.0 Å². The topological polar surface area (TPSA) is 49.3 Å². The summed E-state index contributed by atoms with van der Waals surface area (Å²) in [6, 6.07) is 14.0. The van der Waals surface area contributed by atoms with Gasteiger partial charge in [-0.2, -0.15) is 0 Å². The summed E-state index contributed by atoms with van der Waals surface area (Å²) in [6.07, 6.45) is 0.349. The number of hydrogen-bond acceptors (Lipinski definition) is 2. The van der Waals surface area contributed by atoms with Crippen molar-refractivity contribution in [1.82, 2.24) is 5.32 Å². The molecule has 0 radical (unpaired) electrons. The van der Waals surface area contributed by atoms with Crippen LogP contribution in [-0.4, -0.2) is 24.2 Å². The molecule has 0 atom stereocenters. The number of aliphatic hydroxyl groups is 1. The number of carbonyl (C=O) groups excluding carboxylic acids is 1. The van der Waals surface area contributed by atoms with Gasteiger partial charge in [-0.25, -0.2) is 0 Å². The molecule has 0 aliphatic heterocycles. The third kappa shape index (κ3) is 2.82. The largest absolute Gasteiger partial charge is 0.395 e. The van der Waals surface area contributed by atoms with Gasteiger partial charge in [0, 0.05) is 6.54 Å². The van der Waals surface area contributed by atoms with Crippen molar-refractivity contribution in [3.63, 3.8) is 0 Å². The van der Waals surface area contributed by atoms with Crippen molar-refractivity contribution in [2.45, 2.75) is 6.42 Å². The summed E-state index contributed by atoms with van der Waals surface area (Å²) in [4.78, 5) is 11.6. The van der Waals surface area contributed by atoms with Crippen LogP contribution in [0.5, 0.6) is 0 Å². The Morgan fingerprint density at radius 3 is 2.71 bits per heavy atom. The molecule has 2 rings (SSSR count). The molecule has 2 aromatic carbocycles. The standard InChI is InChI=1S/C14H15NO2/c16-9-8-15-14(17)10-12-6-3-5-11-4-1-2-7-13(11)12/h1-7,16H,8-10H2,(H,15,17). The van der Waals surface area contributed by atoms with Crippen LogP contribution in [0.1, 0.15) is 5.56 Å². The fourth-order valence-corrected chi connectivity index (χ4v) is 1.88. The molecule has 2 N–H and O–H groups in total. The first kappa shape index (κ1) is 11.6. The summed E-state index contributed by atoms with van der Waals surface area (Å²) in [6.45, 7) is 0.283. The maximum absolute atomic E-state index is 11.6. The number of amides is 1. The lowest BCUT2D eigenvalue weighted by Gasteiger charge is -2.06. The highest BCUT2D eigenvalue weighted by molar-refractivity contribution is 5.90. The Morgan fingerprint density at radius 1 is 1.12 bits per heavy atom. The van der Waals surface area contributed by atoms with Crippen molar-refractivity contribution in [3.8, 4) is 0 Å². The molecule has 0 unspecified atom stereocenters. The van der Waals surface area contributed by atoms with E-state index in [-0.39, 0.29) is 12.5 Å². The van der Waals surface area contributed by atoms with E-state index in [4.69, 9.17) is 5.11 Å². The lowest BCUT2D eigenvalue weighted by atomic mass is 10.0. The van der Waals surface area contributed by atoms with E-state index in [2.05, 4.69) is 5.32 Å². The molecular formula is C14H15NO2. The molecule has 0 aliphatic rings. The highest BCUT2D eigenvalue weighted by atomic mass is 16.3. The maximum atomic E-state index is 11.6. The smallest absolute Gasteiger partial charge is 0.224 e. The second-order valence-corrected chi connectivity index (χ2v) is 3.89. The van der Waals surface area contributed by atoms with Crippen LogP contribution >= 0.6 is 0 Å². The molecule has 0 heterocycles. The lowest BCUT2D eigenvalue weighted by molar-refractivity contribution is -0.120. The minimum Gasteiger partial charge on any atom is -0.395 e. The van der Waals surface area contributed by atoms with Crippen molar-refractivity contribution in [2.75, 3.05) is 13.2 Å². The number of carbonyl (C=O) groups is 1. The van der Waals surface area contributed by atoms with Crippen molar-refractivity contribution in [2.24, 2.45) is 0 Å². The van der Waals surface area contributed by atoms with E-state index >= 15 is 0 Å². The van der Waals surface area contributed by atoms with Crippen LogP contribution in [0.15, 0.2) is 42.5 Å². The van der Waals surface area contributed by atoms with Gasteiger partial charge in [-0.15, -0.1) is 0 Å². The van der Waals surface area contributed by atoms with Gasteiger partial charge in [-0.05, 0) is 16.3 Å². The molecule has 0 saturated heterocycles. The average molecular weight is 229 g/mol.